The van der Waals surface area contributed by atoms with E-state index in [1.165, 1.54) is 54.9 Å². The molecule has 0 fully saturated rings. The predicted octanol–water partition coefficient (Wildman–Crippen LogP) is 11.5. The molecule has 0 spiro atoms. The van der Waals surface area contributed by atoms with E-state index < -0.39 is 0 Å². The van der Waals surface area contributed by atoms with Crippen LogP contribution in [0.4, 0.5) is 0 Å². The minimum absolute atomic E-state index is 0.210. The molecule has 0 saturated heterocycles. The van der Waals surface area contributed by atoms with Crippen molar-refractivity contribution < 1.29 is 23.3 Å². The fourth-order valence-electron chi connectivity index (χ4n) is 4.92. The molecule has 0 unspecified atom stereocenters. The van der Waals surface area contributed by atoms with Gasteiger partial charge in [0.25, 0.3) is 0 Å². The molecule has 0 aliphatic heterocycles. The topological polar surface area (TPSA) is 0 Å². The molecule has 0 heterocycles. The third-order valence-electron chi connectivity index (χ3n) is 7.05. The van der Waals surface area contributed by atoms with Gasteiger partial charge in [-0.25, -0.2) is 0 Å². The van der Waals surface area contributed by atoms with Crippen LogP contribution in [0.25, 0.3) is 43.8 Å². The summed E-state index contributed by atoms with van der Waals surface area (Å²) in [6.45, 7) is 13.6. The third-order valence-corrected chi connectivity index (χ3v) is 7.05. The van der Waals surface area contributed by atoms with Crippen LogP contribution in [-0.4, -0.2) is 5.43 Å². The Kier molecular flexibility index (Phi) is 10.7. The summed E-state index contributed by atoms with van der Waals surface area (Å²) in [6.07, 6.45) is 0. The number of rotatable bonds is 4. The molecule has 6 aromatic carbocycles. The molecule has 6 rings (SSSR count). The number of fused-ring (bicyclic) bond motifs is 2. The zero-order valence-corrected chi connectivity index (χ0v) is 28.2. The van der Waals surface area contributed by atoms with Crippen molar-refractivity contribution in [1.29, 1.82) is 0 Å². The molecule has 40 heavy (non-hydrogen) atoms. The van der Waals surface area contributed by atoms with E-state index in [1.807, 2.05) is 0 Å². The van der Waals surface area contributed by atoms with Crippen LogP contribution in [0.5, 0.6) is 0 Å². The molecular weight excluding hydrogens is 576 g/mol. The molecule has 0 aliphatic rings. The Bertz CT molecular complexity index is 1540. The Morgan fingerprint density at radius 2 is 0.875 bits per heavy atom. The van der Waals surface area contributed by atoms with Gasteiger partial charge in [-0.3, -0.25) is 0 Å². The van der Waals surface area contributed by atoms with E-state index >= 15 is 0 Å². The van der Waals surface area contributed by atoms with Gasteiger partial charge in [-0.1, -0.05) is 112 Å². The van der Waals surface area contributed by atoms with Crippen LogP contribution in [0.1, 0.15) is 50.7 Å². The van der Waals surface area contributed by atoms with Crippen LogP contribution in [-0.2, 0) is 23.3 Å². The summed E-state index contributed by atoms with van der Waals surface area (Å²) in [5.41, 5.74) is 8.32. The number of benzene rings is 4. The van der Waals surface area contributed by atoms with Gasteiger partial charge in [0.1, 0.15) is 0 Å². The summed E-state index contributed by atoms with van der Waals surface area (Å²) in [7, 11) is 0. The van der Waals surface area contributed by atoms with Gasteiger partial charge < -0.3 is 0 Å². The molecule has 0 nitrogen and oxygen atoms in total. The quantitative estimate of drug-likeness (QED) is 0.137. The maximum atomic E-state index is 2.34. The minimum atomic E-state index is 0.210. The van der Waals surface area contributed by atoms with Crippen LogP contribution < -0.4 is 0 Å². The predicted molar refractivity (Wildman–Crippen MR) is 176 cm³/mol. The Morgan fingerprint density at radius 1 is 0.525 bits per heavy atom. The first-order valence-electron chi connectivity index (χ1n) is 14.3. The van der Waals surface area contributed by atoms with E-state index in [-0.39, 0.29) is 5.43 Å². The molecule has 0 bridgehead atoms. The van der Waals surface area contributed by atoms with E-state index in [4.69, 9.17) is 0 Å². The van der Waals surface area contributed by atoms with E-state index in [0.717, 1.165) is 0 Å². The van der Waals surface area contributed by atoms with Crippen molar-refractivity contribution >= 4 is 27.0 Å². The van der Waals surface area contributed by atoms with Crippen LogP contribution in [0.2, 0.25) is 13.1 Å². The van der Waals surface area contributed by atoms with Gasteiger partial charge >= 0.3 is 41.9 Å². The number of hydrogen-bond acceptors (Lipinski definition) is 0. The molecule has 0 radical (unpaired) electrons. The monoisotopic (exact) mass is 614 g/mol. The SMILES string of the molecule is CC(C)c1cc2c(-c3ccccc3)cccc2[cH-]1.CC(C)c1cc2c(-c3ccccc3)cccc2[cH-]1.C[Si](C)=[Zr+2]. The van der Waals surface area contributed by atoms with Gasteiger partial charge in [0.15, 0.2) is 0 Å². The first-order valence-corrected chi connectivity index (χ1v) is 20.4. The van der Waals surface area contributed by atoms with E-state index in [1.54, 1.807) is 23.3 Å². The summed E-state index contributed by atoms with van der Waals surface area (Å²) in [5.74, 6) is 1.17. The van der Waals surface area contributed by atoms with E-state index in [2.05, 4.69) is 162 Å². The molecule has 0 atom stereocenters. The standard InChI is InChI=1S/2C18H17.C2H6Si.Zr/c2*1-13(2)16-11-15-9-6-10-17(18(15)12-16)14-7-4-3-5-8-14;1-3-2;/h2*3-13H,1-2H3;1-2H3;/q2*-1;;+2. The Balaban J connectivity index is 0.000000164. The maximum absolute atomic E-state index is 2.34. The van der Waals surface area contributed by atoms with Crippen LogP contribution in [0.3, 0.4) is 0 Å². The number of hydrogen-bond donors (Lipinski definition) is 0. The Morgan fingerprint density at radius 3 is 1.20 bits per heavy atom. The summed E-state index contributed by atoms with van der Waals surface area (Å²) in [5, 5.41) is 5.43. The van der Waals surface area contributed by atoms with Crippen molar-refractivity contribution in [3.8, 4) is 22.3 Å². The second-order valence-corrected chi connectivity index (χ2v) is 20.6. The van der Waals surface area contributed by atoms with E-state index in [0.29, 0.717) is 11.8 Å². The molecule has 200 valence electrons. The third kappa shape index (κ3) is 7.68. The van der Waals surface area contributed by atoms with Crippen molar-refractivity contribution in [1.82, 2.24) is 0 Å². The van der Waals surface area contributed by atoms with Gasteiger partial charge in [0.2, 0.25) is 0 Å². The van der Waals surface area contributed by atoms with Crippen molar-refractivity contribution in [3.63, 3.8) is 0 Å². The van der Waals surface area contributed by atoms with Gasteiger partial charge in [0, 0.05) is 0 Å². The van der Waals surface area contributed by atoms with Gasteiger partial charge in [-0.2, -0.15) is 12.1 Å². The molecule has 6 aromatic rings. The summed E-state index contributed by atoms with van der Waals surface area (Å²) >= 11 is 1.74. The van der Waals surface area contributed by atoms with Crippen molar-refractivity contribution in [2.75, 3.05) is 0 Å². The first kappa shape index (κ1) is 30.2. The van der Waals surface area contributed by atoms with Crippen molar-refractivity contribution in [3.05, 3.63) is 132 Å². The zero-order valence-electron chi connectivity index (χ0n) is 24.7. The zero-order chi connectivity index (χ0) is 28.6. The van der Waals surface area contributed by atoms with Crippen LogP contribution >= 0.6 is 0 Å². The van der Waals surface area contributed by atoms with Gasteiger partial charge in [0.05, 0.1) is 0 Å². The average molecular weight is 616 g/mol. The fourth-order valence-corrected chi connectivity index (χ4v) is 4.92. The van der Waals surface area contributed by atoms with Crippen molar-refractivity contribution in [2.24, 2.45) is 0 Å². The Hall–Kier alpha value is -2.80. The second-order valence-electron chi connectivity index (χ2n) is 11.2. The summed E-state index contributed by atoms with van der Waals surface area (Å²) in [4.78, 5) is 0. The van der Waals surface area contributed by atoms with Gasteiger partial charge in [-0.15, -0.1) is 69.1 Å². The second kappa shape index (κ2) is 14.2. The Labute approximate surface area is 256 Å². The molecule has 0 saturated carbocycles. The first-order chi connectivity index (χ1) is 19.2. The molecule has 2 heteroatoms. The average Bonchev–Trinajstić information content (AvgIpc) is 3.59. The molecule has 0 amide bonds. The summed E-state index contributed by atoms with van der Waals surface area (Å²) in [6, 6.07) is 43.6. The molecular formula is C38H40SiZr. The summed E-state index contributed by atoms with van der Waals surface area (Å²) < 4.78 is 0. The van der Waals surface area contributed by atoms with Gasteiger partial charge in [-0.05, 0) is 23.0 Å². The fraction of sp³-hybridized carbons (Fsp3) is 0.211. The molecule has 0 aliphatic carbocycles. The van der Waals surface area contributed by atoms with Crippen LogP contribution in [0.15, 0.2) is 121 Å². The normalized spacial score (nSPS) is 10.8. The van der Waals surface area contributed by atoms with Crippen LogP contribution in [0, 0.1) is 0 Å². The molecule has 0 aromatic heterocycles. The molecule has 0 N–H and O–H groups in total. The van der Waals surface area contributed by atoms with Crippen molar-refractivity contribution in [2.45, 2.75) is 52.6 Å². The van der Waals surface area contributed by atoms with E-state index in [9.17, 15) is 0 Å².